The van der Waals surface area contributed by atoms with Crippen molar-refractivity contribution in [2.45, 2.75) is 32.2 Å². The van der Waals surface area contributed by atoms with Crippen LogP contribution in [-0.2, 0) is 4.79 Å². The van der Waals surface area contributed by atoms with Crippen LogP contribution >= 0.6 is 0 Å². The molecule has 0 saturated carbocycles. The molecule has 0 unspecified atom stereocenters. The number of nitro benzene ring substituents is 1. The summed E-state index contributed by atoms with van der Waals surface area (Å²) in [4.78, 5) is 24.5. The first-order valence-electron chi connectivity index (χ1n) is 8.04. The molecule has 1 aliphatic heterocycles. The summed E-state index contributed by atoms with van der Waals surface area (Å²) in [7, 11) is 0. The Labute approximate surface area is 136 Å². The van der Waals surface area contributed by atoms with Crippen LogP contribution in [0.4, 0.5) is 5.69 Å². The Bertz CT molecular complexity index is 561. The predicted molar refractivity (Wildman–Crippen MR) is 90.0 cm³/mol. The molecule has 1 aliphatic rings. The van der Waals surface area contributed by atoms with E-state index < -0.39 is 4.92 Å². The molecule has 1 N–H and O–H groups in total. The lowest BCUT2D eigenvalue weighted by Crippen LogP contribution is -2.44. The summed E-state index contributed by atoms with van der Waals surface area (Å²) in [6, 6.07) is 6.36. The van der Waals surface area contributed by atoms with Gasteiger partial charge in [-0.3, -0.25) is 14.9 Å². The van der Waals surface area contributed by atoms with Crippen molar-refractivity contribution in [1.29, 1.82) is 0 Å². The van der Waals surface area contributed by atoms with E-state index in [9.17, 15) is 14.9 Å². The average Bonchev–Trinajstić information content (AvgIpc) is 2.55. The van der Waals surface area contributed by atoms with Crippen molar-refractivity contribution in [3.05, 3.63) is 46.0 Å². The fourth-order valence-corrected chi connectivity index (χ4v) is 2.75. The van der Waals surface area contributed by atoms with Crippen LogP contribution in [0.15, 0.2) is 30.3 Å². The van der Waals surface area contributed by atoms with Gasteiger partial charge in [0.2, 0.25) is 5.91 Å². The molecule has 1 fully saturated rings. The van der Waals surface area contributed by atoms with Gasteiger partial charge in [-0.15, -0.1) is 0 Å². The van der Waals surface area contributed by atoms with Gasteiger partial charge in [-0.1, -0.05) is 6.92 Å². The number of carbonyl (C=O) groups excluding carboxylic acids is 1. The zero-order valence-corrected chi connectivity index (χ0v) is 13.4. The highest BCUT2D eigenvalue weighted by Gasteiger charge is 2.19. The number of likely N-dealkylation sites (tertiary alicyclic amines) is 1. The van der Waals surface area contributed by atoms with Crippen molar-refractivity contribution in [2.75, 3.05) is 19.6 Å². The lowest BCUT2D eigenvalue weighted by molar-refractivity contribution is -0.384. The van der Waals surface area contributed by atoms with Gasteiger partial charge in [-0.05, 0) is 49.6 Å². The van der Waals surface area contributed by atoms with Crippen molar-refractivity contribution < 1.29 is 9.72 Å². The van der Waals surface area contributed by atoms with Crippen molar-refractivity contribution in [1.82, 2.24) is 10.2 Å². The molecule has 0 spiro atoms. The molecule has 1 amide bonds. The molecule has 6 heteroatoms. The maximum absolute atomic E-state index is 11.9. The molecule has 1 heterocycles. The minimum atomic E-state index is -0.439. The Balaban J connectivity index is 1.79. The van der Waals surface area contributed by atoms with E-state index in [1.54, 1.807) is 18.2 Å². The van der Waals surface area contributed by atoms with Crippen LogP contribution in [0, 0.1) is 10.1 Å². The van der Waals surface area contributed by atoms with Gasteiger partial charge in [0, 0.05) is 37.3 Å². The van der Waals surface area contributed by atoms with Gasteiger partial charge in [0.05, 0.1) is 4.92 Å². The SMILES string of the molecule is CCCN1CCC(NC(=O)/C=C/c2ccc([N+](=O)[O-])cc2)CC1. The molecule has 0 radical (unpaired) electrons. The van der Waals surface area contributed by atoms with Gasteiger partial charge in [-0.25, -0.2) is 0 Å². The van der Waals surface area contributed by atoms with Crippen LogP contribution in [0.25, 0.3) is 6.08 Å². The Morgan fingerprint density at radius 1 is 1.35 bits per heavy atom. The smallest absolute Gasteiger partial charge is 0.269 e. The van der Waals surface area contributed by atoms with E-state index >= 15 is 0 Å². The van der Waals surface area contributed by atoms with E-state index in [2.05, 4.69) is 17.1 Å². The van der Waals surface area contributed by atoms with E-state index in [1.165, 1.54) is 18.2 Å². The van der Waals surface area contributed by atoms with Crippen LogP contribution in [0.5, 0.6) is 0 Å². The molecule has 23 heavy (non-hydrogen) atoms. The largest absolute Gasteiger partial charge is 0.350 e. The molecule has 124 valence electrons. The standard InChI is InChI=1S/C17H23N3O3/c1-2-11-19-12-9-15(10-13-19)18-17(21)8-5-14-3-6-16(7-4-14)20(22)23/h3-8,15H,2,9-13H2,1H3,(H,18,21)/b8-5+. The molecular weight excluding hydrogens is 294 g/mol. The molecule has 1 aromatic carbocycles. The zero-order chi connectivity index (χ0) is 16.7. The number of nitrogens with one attached hydrogen (secondary N) is 1. The summed E-state index contributed by atoms with van der Waals surface area (Å²) >= 11 is 0. The summed E-state index contributed by atoms with van der Waals surface area (Å²) in [5.41, 5.74) is 0.814. The number of nitro groups is 1. The number of rotatable bonds is 6. The Hall–Kier alpha value is -2.21. The van der Waals surface area contributed by atoms with E-state index in [0.29, 0.717) is 0 Å². The molecule has 1 saturated heterocycles. The maximum Gasteiger partial charge on any atom is 0.269 e. The third kappa shape index (κ3) is 5.49. The Morgan fingerprint density at radius 2 is 2.00 bits per heavy atom. The number of hydrogen-bond acceptors (Lipinski definition) is 4. The van der Waals surface area contributed by atoms with Crippen molar-refractivity contribution in [2.24, 2.45) is 0 Å². The van der Waals surface area contributed by atoms with E-state index in [0.717, 1.165) is 44.5 Å². The van der Waals surface area contributed by atoms with Crippen LogP contribution < -0.4 is 5.32 Å². The van der Waals surface area contributed by atoms with Gasteiger partial charge in [-0.2, -0.15) is 0 Å². The molecule has 1 aromatic rings. The second kappa shape index (κ2) is 8.43. The van der Waals surface area contributed by atoms with Crippen LogP contribution in [-0.4, -0.2) is 41.4 Å². The molecule has 0 aliphatic carbocycles. The molecule has 0 aromatic heterocycles. The minimum Gasteiger partial charge on any atom is -0.350 e. The topological polar surface area (TPSA) is 75.5 Å². The monoisotopic (exact) mass is 317 g/mol. The molecule has 6 nitrogen and oxygen atoms in total. The summed E-state index contributed by atoms with van der Waals surface area (Å²) in [6.07, 6.45) is 6.29. The molecule has 0 atom stereocenters. The van der Waals surface area contributed by atoms with Gasteiger partial charge in [0.15, 0.2) is 0 Å². The van der Waals surface area contributed by atoms with Crippen molar-refractivity contribution in [3.63, 3.8) is 0 Å². The first-order chi connectivity index (χ1) is 11.1. The van der Waals surface area contributed by atoms with E-state index in [4.69, 9.17) is 0 Å². The van der Waals surface area contributed by atoms with Gasteiger partial charge >= 0.3 is 0 Å². The quantitative estimate of drug-likeness (QED) is 0.497. The molecule has 0 bridgehead atoms. The summed E-state index contributed by atoms with van der Waals surface area (Å²) in [5, 5.41) is 13.6. The highest BCUT2D eigenvalue weighted by molar-refractivity contribution is 5.91. The zero-order valence-electron chi connectivity index (χ0n) is 13.4. The number of nitrogens with zero attached hydrogens (tertiary/aromatic N) is 2. The molecule has 2 rings (SSSR count). The van der Waals surface area contributed by atoms with E-state index in [-0.39, 0.29) is 17.6 Å². The number of non-ortho nitro benzene ring substituents is 1. The van der Waals surface area contributed by atoms with Gasteiger partial charge < -0.3 is 10.2 Å². The van der Waals surface area contributed by atoms with Crippen LogP contribution in [0.3, 0.4) is 0 Å². The van der Waals surface area contributed by atoms with E-state index in [1.807, 2.05) is 0 Å². The Morgan fingerprint density at radius 3 is 2.57 bits per heavy atom. The van der Waals surface area contributed by atoms with Crippen molar-refractivity contribution in [3.8, 4) is 0 Å². The number of carbonyl (C=O) groups is 1. The van der Waals surface area contributed by atoms with Crippen LogP contribution in [0.2, 0.25) is 0 Å². The third-order valence-corrected chi connectivity index (χ3v) is 4.00. The normalized spacial score (nSPS) is 16.6. The number of benzene rings is 1. The lowest BCUT2D eigenvalue weighted by Gasteiger charge is -2.31. The maximum atomic E-state index is 11.9. The fraction of sp³-hybridized carbons (Fsp3) is 0.471. The average molecular weight is 317 g/mol. The number of amides is 1. The second-order valence-corrected chi connectivity index (χ2v) is 5.81. The van der Waals surface area contributed by atoms with Gasteiger partial charge in [0.25, 0.3) is 5.69 Å². The molecular formula is C17H23N3O3. The first-order valence-corrected chi connectivity index (χ1v) is 8.04. The predicted octanol–water partition coefficient (Wildman–Crippen LogP) is 2.60. The van der Waals surface area contributed by atoms with Gasteiger partial charge in [0.1, 0.15) is 0 Å². The summed E-state index contributed by atoms with van der Waals surface area (Å²) in [5.74, 6) is -0.114. The minimum absolute atomic E-state index is 0.0467. The second-order valence-electron chi connectivity index (χ2n) is 5.81. The number of piperidine rings is 1. The highest BCUT2D eigenvalue weighted by atomic mass is 16.6. The van der Waals surface area contributed by atoms with Crippen LogP contribution in [0.1, 0.15) is 31.7 Å². The van der Waals surface area contributed by atoms with Crippen molar-refractivity contribution >= 4 is 17.7 Å². The first kappa shape index (κ1) is 17.1. The highest BCUT2D eigenvalue weighted by Crippen LogP contribution is 2.13. The summed E-state index contributed by atoms with van der Waals surface area (Å²) < 4.78 is 0. The fourth-order valence-electron chi connectivity index (χ4n) is 2.75. The third-order valence-electron chi connectivity index (χ3n) is 4.00. The summed E-state index contributed by atoms with van der Waals surface area (Å²) in [6.45, 7) is 5.37. The lowest BCUT2D eigenvalue weighted by atomic mass is 10.0. The number of hydrogen-bond donors (Lipinski definition) is 1. The Kier molecular flexibility index (Phi) is 6.29.